The molecule has 1 atom stereocenters. The summed E-state index contributed by atoms with van der Waals surface area (Å²) in [5.74, 6) is 0.604. The number of ether oxygens (including phenoxy) is 1. The number of alkyl halides is 3. The Bertz CT molecular complexity index is 985. The van der Waals surface area contributed by atoms with E-state index in [9.17, 15) is 13.2 Å². The minimum absolute atomic E-state index is 0.257. The Balaban J connectivity index is 1.75. The van der Waals surface area contributed by atoms with Crippen molar-refractivity contribution in [3.05, 3.63) is 101 Å². The molecule has 3 aromatic carbocycles. The summed E-state index contributed by atoms with van der Waals surface area (Å²) in [7, 11) is 0. The minimum Gasteiger partial charge on any atom is -0.489 e. The number of halogens is 3. The quantitative estimate of drug-likeness (QED) is 0.581. The summed E-state index contributed by atoms with van der Waals surface area (Å²) >= 11 is 0. The number of nitrogens with zero attached hydrogens (tertiary/aromatic N) is 1. The molecule has 0 bridgehead atoms. The third kappa shape index (κ3) is 5.09. The Labute approximate surface area is 180 Å². The van der Waals surface area contributed by atoms with E-state index in [4.69, 9.17) is 4.74 Å². The predicted molar refractivity (Wildman–Crippen MR) is 115 cm³/mol. The first-order valence-electron chi connectivity index (χ1n) is 10.4. The highest BCUT2D eigenvalue weighted by Crippen LogP contribution is 2.41. The molecule has 1 N–H and O–H groups in total. The van der Waals surface area contributed by atoms with Crippen molar-refractivity contribution in [3.8, 4) is 5.75 Å². The second-order valence-corrected chi connectivity index (χ2v) is 7.59. The van der Waals surface area contributed by atoms with Crippen LogP contribution in [0, 0.1) is 0 Å². The zero-order valence-electron chi connectivity index (χ0n) is 17.1. The molecule has 162 valence electrons. The summed E-state index contributed by atoms with van der Waals surface area (Å²) in [6.07, 6.45) is -4.43. The fourth-order valence-corrected chi connectivity index (χ4v) is 4.07. The molecule has 0 saturated carbocycles. The van der Waals surface area contributed by atoms with Crippen LogP contribution in [-0.4, -0.2) is 31.1 Å². The highest BCUT2D eigenvalue weighted by molar-refractivity contribution is 5.45. The number of nitrogens with one attached hydrogen (secondary N) is 1. The number of hydrogen-bond acceptors (Lipinski definition) is 3. The number of rotatable bonds is 6. The molecular formula is C25H25F3N2O. The van der Waals surface area contributed by atoms with Crippen LogP contribution in [0.2, 0.25) is 0 Å². The van der Waals surface area contributed by atoms with Gasteiger partial charge in [0.2, 0.25) is 0 Å². The molecule has 31 heavy (non-hydrogen) atoms. The van der Waals surface area contributed by atoms with Crippen molar-refractivity contribution in [2.45, 2.75) is 18.8 Å². The van der Waals surface area contributed by atoms with Crippen LogP contribution >= 0.6 is 0 Å². The topological polar surface area (TPSA) is 24.5 Å². The first kappa shape index (κ1) is 21.4. The van der Waals surface area contributed by atoms with E-state index >= 15 is 0 Å². The maximum atomic E-state index is 13.9. The van der Waals surface area contributed by atoms with Gasteiger partial charge in [-0.2, -0.15) is 13.2 Å². The Hall–Kier alpha value is -2.83. The molecule has 0 spiro atoms. The van der Waals surface area contributed by atoms with Crippen LogP contribution in [0.1, 0.15) is 28.3 Å². The molecule has 1 saturated heterocycles. The molecule has 1 heterocycles. The summed E-state index contributed by atoms with van der Waals surface area (Å²) < 4.78 is 47.8. The summed E-state index contributed by atoms with van der Waals surface area (Å²) in [5, 5.41) is 3.28. The molecule has 4 rings (SSSR count). The van der Waals surface area contributed by atoms with E-state index in [0.29, 0.717) is 25.4 Å². The lowest BCUT2D eigenvalue weighted by atomic mass is 9.91. The zero-order chi connectivity index (χ0) is 21.7. The fraction of sp³-hybridized carbons (Fsp3) is 0.280. The lowest BCUT2D eigenvalue weighted by Gasteiger charge is -2.37. The van der Waals surface area contributed by atoms with Crippen LogP contribution in [0.4, 0.5) is 13.2 Å². The van der Waals surface area contributed by atoms with Gasteiger partial charge in [0.1, 0.15) is 12.4 Å². The lowest BCUT2D eigenvalue weighted by molar-refractivity contribution is -0.138. The molecule has 0 aliphatic carbocycles. The molecular weight excluding hydrogens is 401 g/mol. The summed E-state index contributed by atoms with van der Waals surface area (Å²) in [5.41, 5.74) is 1.41. The zero-order valence-corrected chi connectivity index (χ0v) is 17.1. The van der Waals surface area contributed by atoms with Crippen molar-refractivity contribution in [3.63, 3.8) is 0 Å². The first-order valence-corrected chi connectivity index (χ1v) is 10.4. The minimum atomic E-state index is -4.43. The second-order valence-electron chi connectivity index (χ2n) is 7.59. The van der Waals surface area contributed by atoms with Crippen molar-refractivity contribution in [2.24, 2.45) is 0 Å². The Kier molecular flexibility index (Phi) is 6.59. The van der Waals surface area contributed by atoms with Crippen molar-refractivity contribution in [1.29, 1.82) is 0 Å². The van der Waals surface area contributed by atoms with Crippen LogP contribution in [0.25, 0.3) is 0 Å². The van der Waals surface area contributed by atoms with Crippen LogP contribution in [0.5, 0.6) is 5.75 Å². The van der Waals surface area contributed by atoms with Gasteiger partial charge < -0.3 is 10.1 Å². The molecule has 0 aromatic heterocycles. The van der Waals surface area contributed by atoms with Gasteiger partial charge in [-0.3, -0.25) is 4.90 Å². The van der Waals surface area contributed by atoms with E-state index in [-0.39, 0.29) is 5.56 Å². The van der Waals surface area contributed by atoms with E-state index in [1.54, 1.807) is 12.1 Å². The van der Waals surface area contributed by atoms with Gasteiger partial charge in [0.25, 0.3) is 0 Å². The number of piperazine rings is 1. The van der Waals surface area contributed by atoms with Gasteiger partial charge in [0.05, 0.1) is 11.6 Å². The van der Waals surface area contributed by atoms with E-state index in [1.807, 2.05) is 54.6 Å². The van der Waals surface area contributed by atoms with Crippen LogP contribution in [-0.2, 0) is 12.8 Å². The van der Waals surface area contributed by atoms with Crippen molar-refractivity contribution < 1.29 is 17.9 Å². The normalized spacial score (nSPS) is 16.1. The number of benzene rings is 3. The SMILES string of the molecule is FC(F)(F)c1ccccc1C(c1ccccc1OCc1ccccc1)N1CCNCC1. The smallest absolute Gasteiger partial charge is 0.416 e. The molecule has 6 heteroatoms. The molecule has 1 aliphatic rings. The van der Waals surface area contributed by atoms with Crippen LogP contribution < -0.4 is 10.1 Å². The predicted octanol–water partition coefficient (Wildman–Crippen LogP) is 5.28. The molecule has 1 unspecified atom stereocenters. The average molecular weight is 426 g/mol. The van der Waals surface area contributed by atoms with Crippen molar-refractivity contribution in [2.75, 3.05) is 26.2 Å². The second kappa shape index (κ2) is 9.54. The molecule has 3 aromatic rings. The van der Waals surface area contributed by atoms with Crippen LogP contribution in [0.15, 0.2) is 78.9 Å². The average Bonchev–Trinajstić information content (AvgIpc) is 2.80. The summed E-state index contributed by atoms with van der Waals surface area (Å²) in [6, 6.07) is 22.5. The maximum Gasteiger partial charge on any atom is 0.416 e. The van der Waals surface area contributed by atoms with Gasteiger partial charge in [-0.1, -0.05) is 66.7 Å². The van der Waals surface area contributed by atoms with Gasteiger partial charge in [-0.05, 0) is 23.3 Å². The molecule has 1 fully saturated rings. The van der Waals surface area contributed by atoms with Gasteiger partial charge in [0, 0.05) is 31.7 Å². The van der Waals surface area contributed by atoms with Crippen molar-refractivity contribution >= 4 is 0 Å². The van der Waals surface area contributed by atoms with Gasteiger partial charge >= 0.3 is 6.18 Å². The Morgan fingerprint density at radius 2 is 1.42 bits per heavy atom. The van der Waals surface area contributed by atoms with Gasteiger partial charge in [-0.15, -0.1) is 0 Å². The molecule has 0 amide bonds. The van der Waals surface area contributed by atoms with Gasteiger partial charge in [0.15, 0.2) is 0 Å². The number of hydrogen-bond donors (Lipinski definition) is 1. The molecule has 1 aliphatic heterocycles. The van der Waals surface area contributed by atoms with Crippen LogP contribution in [0.3, 0.4) is 0 Å². The highest BCUT2D eigenvalue weighted by atomic mass is 19.4. The largest absolute Gasteiger partial charge is 0.489 e. The van der Waals surface area contributed by atoms with E-state index in [0.717, 1.165) is 30.3 Å². The Morgan fingerprint density at radius 1 is 0.806 bits per heavy atom. The standard InChI is InChI=1S/C25H25F3N2O/c26-25(27,28)22-12-6-4-10-20(22)24(30-16-14-29-15-17-30)21-11-5-7-13-23(21)31-18-19-8-2-1-3-9-19/h1-13,24,29H,14-18H2. The van der Waals surface area contributed by atoms with E-state index in [2.05, 4.69) is 10.2 Å². The molecule has 0 radical (unpaired) electrons. The van der Waals surface area contributed by atoms with E-state index in [1.165, 1.54) is 6.07 Å². The Morgan fingerprint density at radius 3 is 2.13 bits per heavy atom. The summed E-state index contributed by atoms with van der Waals surface area (Å²) in [6.45, 7) is 3.14. The first-order chi connectivity index (χ1) is 15.0. The third-order valence-corrected chi connectivity index (χ3v) is 5.53. The summed E-state index contributed by atoms with van der Waals surface area (Å²) in [4.78, 5) is 2.10. The lowest BCUT2D eigenvalue weighted by Crippen LogP contribution is -2.45. The number of para-hydroxylation sites is 1. The fourth-order valence-electron chi connectivity index (χ4n) is 4.07. The maximum absolute atomic E-state index is 13.9. The monoisotopic (exact) mass is 426 g/mol. The van der Waals surface area contributed by atoms with Crippen molar-refractivity contribution in [1.82, 2.24) is 10.2 Å². The molecule has 3 nitrogen and oxygen atoms in total. The van der Waals surface area contributed by atoms with Gasteiger partial charge in [-0.25, -0.2) is 0 Å². The highest BCUT2D eigenvalue weighted by Gasteiger charge is 2.37. The van der Waals surface area contributed by atoms with E-state index < -0.39 is 17.8 Å². The third-order valence-electron chi connectivity index (χ3n) is 5.53.